The molecule has 0 fully saturated rings. The summed E-state index contributed by atoms with van der Waals surface area (Å²) in [5.41, 5.74) is 2.60. The summed E-state index contributed by atoms with van der Waals surface area (Å²) < 4.78 is 35.3. The highest BCUT2D eigenvalue weighted by atomic mass is 19.1. The molecule has 6 aromatic carbocycles. The topological polar surface area (TPSA) is 216 Å². The van der Waals surface area contributed by atoms with E-state index in [0.717, 1.165) is 31.0 Å². The van der Waals surface area contributed by atoms with Crippen LogP contribution in [-0.2, 0) is 0 Å². The Balaban J connectivity index is 0.855. The Kier molecular flexibility index (Phi) is 12.4. The lowest BCUT2D eigenvalue weighted by Crippen LogP contribution is -2.26. The first-order chi connectivity index (χ1) is 31.8. The van der Waals surface area contributed by atoms with Crippen LogP contribution in [0.4, 0.5) is 20.2 Å². The second kappa shape index (κ2) is 18.6. The van der Waals surface area contributed by atoms with Crippen LogP contribution in [0.5, 0.6) is 23.1 Å². The summed E-state index contributed by atoms with van der Waals surface area (Å²) in [6.45, 7) is 4.33. The number of phenolic OH excluding ortho intramolecular Hbond substituents is 1. The number of phenols is 1. The quantitative estimate of drug-likeness (QED) is 0.0253. The number of nitrogens with one attached hydrogen (secondary N) is 3. The third-order valence-electron chi connectivity index (χ3n) is 11.0. The van der Waals surface area contributed by atoms with Crippen molar-refractivity contribution in [2.75, 3.05) is 13.1 Å². The van der Waals surface area contributed by atoms with Gasteiger partial charge in [0.25, 0.3) is 17.5 Å². The van der Waals surface area contributed by atoms with E-state index in [0.29, 0.717) is 64.9 Å². The van der Waals surface area contributed by atoms with Crippen molar-refractivity contribution in [3.8, 4) is 23.1 Å². The molecule has 66 heavy (non-hydrogen) atoms. The molecule has 0 bridgehead atoms. The van der Waals surface area contributed by atoms with E-state index in [2.05, 4.69) is 22.2 Å². The van der Waals surface area contributed by atoms with Gasteiger partial charge in [-0.05, 0) is 79.1 Å². The average Bonchev–Trinajstić information content (AvgIpc) is 3.64. The second-order valence-corrected chi connectivity index (χ2v) is 15.4. The largest absolute Gasteiger partial charge is 0.505 e. The number of nitrogens with zero attached hydrogens (tertiary/aromatic N) is 2. The van der Waals surface area contributed by atoms with Gasteiger partial charge in [0.1, 0.15) is 17.3 Å². The fraction of sp³-hybridized carbons (Fsp3) is 0.120. The lowest BCUT2D eigenvalue weighted by Gasteiger charge is -2.23. The molecule has 2 heterocycles. The van der Waals surface area contributed by atoms with Crippen molar-refractivity contribution in [3.63, 3.8) is 0 Å². The summed E-state index contributed by atoms with van der Waals surface area (Å²) in [4.78, 5) is 57.4. The van der Waals surface area contributed by atoms with Gasteiger partial charge in [0.05, 0.1) is 27.4 Å². The van der Waals surface area contributed by atoms with Crippen molar-refractivity contribution in [1.29, 1.82) is 0 Å². The van der Waals surface area contributed by atoms with Crippen LogP contribution in [-0.4, -0.2) is 61.8 Å². The van der Waals surface area contributed by atoms with Gasteiger partial charge in [0.15, 0.2) is 17.4 Å². The SMILES string of the molecule is C=c1cc2c(cc1F)=C(c1ccc(C(=O)NCCCCCCNC(=O)c3ccc(N=C(c4ccccc4)c4c(O)[nH]c5ccc([N+](=O)[O-])cc45)cc3)cc1C(=O)O)c1cc(F)c(O)cc1O2. The average molecular weight is 892 g/mol. The summed E-state index contributed by atoms with van der Waals surface area (Å²) >= 11 is 0. The number of H-pyrrole nitrogens is 1. The van der Waals surface area contributed by atoms with Gasteiger partial charge in [-0.25, -0.2) is 18.6 Å². The highest BCUT2D eigenvalue weighted by Crippen LogP contribution is 2.40. The van der Waals surface area contributed by atoms with Gasteiger partial charge in [0.2, 0.25) is 0 Å². The summed E-state index contributed by atoms with van der Waals surface area (Å²) in [7, 11) is 0. The lowest BCUT2D eigenvalue weighted by atomic mass is 9.88. The molecule has 0 spiro atoms. The number of fused-ring (bicyclic) bond motifs is 3. The number of aromatic amines is 1. The molecule has 0 aliphatic carbocycles. The van der Waals surface area contributed by atoms with Crippen LogP contribution < -0.4 is 25.8 Å². The van der Waals surface area contributed by atoms with Crippen molar-refractivity contribution in [2.24, 2.45) is 4.99 Å². The first-order valence-electron chi connectivity index (χ1n) is 20.7. The standard InChI is InChI=1S/C50H39F2N5O9/c1-27-21-42-36(24-38(27)51)44(37-25-39(52)41(58)26-43(37)66-42)33-17-13-30(22-34(33)50(62)63)48(60)54-20-8-3-2-7-19-53-47(59)29-11-14-31(15-12-29)55-46(28-9-5-4-6-10-28)45-35-23-32(57(64)65)16-18-40(35)56-49(45)61/h4-6,9-18,21-26,56,58,61H,1-3,7-8,19-20H2,(H,53,59)(H,54,60)(H,62,63). The number of carboxylic acids is 1. The number of aromatic carboxylic acids is 1. The number of aliphatic imine (C=N–C) groups is 1. The molecule has 0 radical (unpaired) electrons. The van der Waals surface area contributed by atoms with Gasteiger partial charge in [-0.3, -0.25) is 19.7 Å². The zero-order valence-electron chi connectivity index (χ0n) is 34.9. The summed E-state index contributed by atoms with van der Waals surface area (Å²) in [6.07, 6.45) is 2.74. The van der Waals surface area contributed by atoms with Crippen molar-refractivity contribution in [2.45, 2.75) is 25.7 Å². The van der Waals surface area contributed by atoms with Crippen LogP contribution in [0.1, 0.15) is 79.0 Å². The number of carbonyl (C=O) groups excluding carboxylic acids is 2. The number of nitro benzene ring substituents is 1. The highest BCUT2D eigenvalue weighted by molar-refractivity contribution is 6.22. The van der Waals surface area contributed by atoms with Crippen LogP contribution >= 0.6 is 0 Å². The van der Waals surface area contributed by atoms with E-state index >= 15 is 0 Å². The number of benzene rings is 6. The van der Waals surface area contributed by atoms with Gasteiger partial charge in [0, 0.05) is 80.5 Å². The zero-order valence-corrected chi connectivity index (χ0v) is 34.9. The summed E-state index contributed by atoms with van der Waals surface area (Å²) in [5.74, 6) is -4.66. The fourth-order valence-corrected chi connectivity index (χ4v) is 7.74. The minimum atomic E-state index is -1.39. The van der Waals surface area contributed by atoms with Gasteiger partial charge >= 0.3 is 5.97 Å². The molecule has 7 aromatic rings. The number of non-ortho nitro benzene ring substituents is 1. The summed E-state index contributed by atoms with van der Waals surface area (Å²) in [6, 6.07) is 28.4. The van der Waals surface area contributed by atoms with E-state index in [1.54, 1.807) is 24.3 Å². The molecular weight excluding hydrogens is 853 g/mol. The number of nitro groups is 1. The number of carboxylic acid groups (broad SMARTS) is 1. The van der Waals surface area contributed by atoms with E-state index in [9.17, 15) is 48.6 Å². The van der Waals surface area contributed by atoms with E-state index < -0.39 is 34.2 Å². The Labute approximate surface area is 374 Å². The molecule has 1 aliphatic heterocycles. The molecule has 0 saturated carbocycles. The Morgan fingerprint density at radius 3 is 2.11 bits per heavy atom. The number of carbonyl (C=O) groups is 3. The fourth-order valence-electron chi connectivity index (χ4n) is 7.74. The molecule has 1 aromatic heterocycles. The number of halogens is 2. The van der Waals surface area contributed by atoms with Gasteiger partial charge < -0.3 is 35.7 Å². The maximum Gasteiger partial charge on any atom is 0.336 e. The van der Waals surface area contributed by atoms with Gasteiger partial charge in [-0.2, -0.15) is 0 Å². The van der Waals surface area contributed by atoms with Gasteiger partial charge in [-0.1, -0.05) is 55.8 Å². The minimum Gasteiger partial charge on any atom is -0.505 e. The maximum absolute atomic E-state index is 14.8. The van der Waals surface area contributed by atoms with Crippen LogP contribution in [0.2, 0.25) is 0 Å². The third kappa shape index (κ3) is 9.05. The molecule has 6 N–H and O–H groups in total. The van der Waals surface area contributed by atoms with Crippen molar-refractivity contribution in [1.82, 2.24) is 15.6 Å². The van der Waals surface area contributed by atoms with E-state index in [4.69, 9.17) is 9.73 Å². The van der Waals surface area contributed by atoms with Crippen LogP contribution in [0.25, 0.3) is 23.1 Å². The summed E-state index contributed by atoms with van der Waals surface area (Å²) in [5, 5.41) is 49.0. The smallest absolute Gasteiger partial charge is 0.336 e. The molecule has 8 rings (SSSR count). The Hall–Kier alpha value is -8.66. The van der Waals surface area contributed by atoms with E-state index in [1.165, 1.54) is 42.5 Å². The van der Waals surface area contributed by atoms with Gasteiger partial charge in [-0.15, -0.1) is 0 Å². The molecule has 2 amide bonds. The predicted octanol–water partition coefficient (Wildman–Crippen LogP) is 8.12. The second-order valence-electron chi connectivity index (χ2n) is 15.4. The first-order valence-corrected chi connectivity index (χ1v) is 20.7. The lowest BCUT2D eigenvalue weighted by molar-refractivity contribution is -0.384. The number of aromatic hydroxyl groups is 2. The molecule has 0 unspecified atom stereocenters. The predicted molar refractivity (Wildman–Crippen MR) is 242 cm³/mol. The molecular formula is C50H39F2N5O9. The number of amides is 2. The highest BCUT2D eigenvalue weighted by Gasteiger charge is 2.27. The Morgan fingerprint density at radius 2 is 1.42 bits per heavy atom. The van der Waals surface area contributed by atoms with Crippen LogP contribution in [0.3, 0.4) is 0 Å². The van der Waals surface area contributed by atoms with E-state index in [-0.39, 0.29) is 67.2 Å². The molecule has 16 heteroatoms. The van der Waals surface area contributed by atoms with E-state index in [1.807, 2.05) is 30.3 Å². The van der Waals surface area contributed by atoms with Crippen LogP contribution in [0, 0.1) is 21.7 Å². The molecule has 0 saturated heterocycles. The number of unbranched alkanes of at least 4 members (excludes halogenated alkanes) is 3. The maximum atomic E-state index is 14.8. The Bertz CT molecular complexity index is 3240. The first kappa shape index (κ1) is 44.0. The van der Waals surface area contributed by atoms with Crippen molar-refractivity contribution in [3.05, 3.63) is 186 Å². The van der Waals surface area contributed by atoms with Crippen molar-refractivity contribution < 1.29 is 48.1 Å². The monoisotopic (exact) mass is 891 g/mol. The number of aromatic nitrogens is 1. The van der Waals surface area contributed by atoms with Crippen LogP contribution in [0.15, 0.2) is 120 Å². The molecule has 1 aliphatic rings. The molecule has 14 nitrogen and oxygen atoms in total. The molecule has 332 valence electrons. The Morgan fingerprint density at radius 1 is 0.742 bits per heavy atom. The number of ether oxygens (including phenoxy) is 1. The number of hydrogen-bond donors (Lipinski definition) is 6. The third-order valence-corrected chi connectivity index (χ3v) is 11.0. The number of hydrogen-bond acceptors (Lipinski definition) is 9. The van der Waals surface area contributed by atoms with Crippen molar-refractivity contribution >= 4 is 57.9 Å². The molecule has 0 atom stereocenters. The zero-order chi connectivity index (χ0) is 46.6. The normalized spacial score (nSPS) is 12.0. The minimum absolute atomic E-state index is 0.00763. The number of rotatable bonds is 15.